The highest BCUT2D eigenvalue weighted by Crippen LogP contribution is 2.50. The van der Waals surface area contributed by atoms with E-state index in [0.717, 1.165) is 18.4 Å². The molecule has 118 valence electrons. The van der Waals surface area contributed by atoms with Crippen molar-refractivity contribution < 1.29 is 19.4 Å². The zero-order chi connectivity index (χ0) is 15.9. The molecule has 5 heteroatoms. The number of halogens is 1. The molecule has 0 spiro atoms. The van der Waals surface area contributed by atoms with E-state index in [4.69, 9.17) is 16.3 Å². The second-order valence-corrected chi connectivity index (χ2v) is 6.71. The molecular formula is C17H19ClO4. The largest absolute Gasteiger partial charge is 0.467 e. The Morgan fingerprint density at radius 1 is 1.27 bits per heavy atom. The van der Waals surface area contributed by atoms with E-state index in [9.17, 15) is 14.7 Å². The maximum absolute atomic E-state index is 12.7. The molecule has 0 saturated heterocycles. The van der Waals surface area contributed by atoms with Gasteiger partial charge in [0.2, 0.25) is 0 Å². The van der Waals surface area contributed by atoms with Gasteiger partial charge in [0, 0.05) is 10.9 Å². The predicted molar refractivity (Wildman–Crippen MR) is 81.6 cm³/mol. The van der Waals surface area contributed by atoms with E-state index in [2.05, 4.69) is 0 Å². The van der Waals surface area contributed by atoms with Crippen LogP contribution in [0, 0.1) is 11.8 Å². The second kappa shape index (κ2) is 5.67. The third kappa shape index (κ3) is 2.34. The van der Waals surface area contributed by atoms with Gasteiger partial charge in [-0.1, -0.05) is 30.2 Å². The van der Waals surface area contributed by atoms with Crippen molar-refractivity contribution in [2.24, 2.45) is 11.8 Å². The normalized spacial score (nSPS) is 34.3. The number of ether oxygens (including phenoxy) is 1. The van der Waals surface area contributed by atoms with Gasteiger partial charge in [0.25, 0.3) is 0 Å². The summed E-state index contributed by atoms with van der Waals surface area (Å²) in [6.07, 6.45) is 2.42. The molecule has 0 unspecified atom stereocenters. The fraction of sp³-hybridized carbons (Fsp3) is 0.529. The molecule has 0 radical (unpaired) electrons. The highest BCUT2D eigenvalue weighted by atomic mass is 35.5. The summed E-state index contributed by atoms with van der Waals surface area (Å²) < 4.78 is 4.77. The molecule has 1 aromatic rings. The molecule has 0 aliphatic heterocycles. The first-order valence-electron chi connectivity index (χ1n) is 7.57. The van der Waals surface area contributed by atoms with Gasteiger partial charge in [-0.05, 0) is 42.9 Å². The van der Waals surface area contributed by atoms with Crippen molar-refractivity contribution >= 4 is 23.4 Å². The number of Topliss-reactive ketones (excluding diaryl/α,β-unsaturated/α-hetero) is 1. The smallest absolute Gasteiger partial charge is 0.338 e. The Morgan fingerprint density at radius 2 is 1.95 bits per heavy atom. The van der Waals surface area contributed by atoms with Crippen molar-refractivity contribution in [3.05, 3.63) is 34.9 Å². The summed E-state index contributed by atoms with van der Waals surface area (Å²) in [5.74, 6) is -1.66. The molecule has 2 aliphatic rings. The van der Waals surface area contributed by atoms with Crippen molar-refractivity contribution in [2.45, 2.75) is 37.2 Å². The van der Waals surface area contributed by atoms with Crippen LogP contribution in [0.4, 0.5) is 0 Å². The van der Waals surface area contributed by atoms with Crippen molar-refractivity contribution in [3.63, 3.8) is 0 Å². The van der Waals surface area contributed by atoms with Crippen LogP contribution in [-0.2, 0) is 14.3 Å². The van der Waals surface area contributed by atoms with E-state index >= 15 is 0 Å². The maximum atomic E-state index is 12.7. The van der Waals surface area contributed by atoms with E-state index in [1.807, 2.05) is 12.1 Å². The van der Waals surface area contributed by atoms with Crippen LogP contribution in [0.3, 0.4) is 0 Å². The SMILES string of the molecule is COC(=O)[C@]1(O)C[C@@H](c2ccc(Cl)cc2)[C@@H]2CCC[C@H]1C2=O. The first kappa shape index (κ1) is 15.5. The number of rotatable bonds is 2. The number of fused-ring (bicyclic) bond motifs is 2. The van der Waals surface area contributed by atoms with Crippen LogP contribution in [0.2, 0.25) is 5.02 Å². The van der Waals surface area contributed by atoms with Gasteiger partial charge >= 0.3 is 5.97 Å². The van der Waals surface area contributed by atoms with E-state index in [-0.39, 0.29) is 24.0 Å². The Balaban J connectivity index is 2.01. The number of methoxy groups -OCH3 is 1. The van der Waals surface area contributed by atoms with Crippen LogP contribution in [0.15, 0.2) is 24.3 Å². The molecule has 3 rings (SSSR count). The zero-order valence-corrected chi connectivity index (χ0v) is 13.2. The summed E-state index contributed by atoms with van der Waals surface area (Å²) in [7, 11) is 1.25. The number of carbonyl (C=O) groups is 2. The van der Waals surface area contributed by atoms with Gasteiger partial charge in [-0.3, -0.25) is 4.79 Å². The minimum Gasteiger partial charge on any atom is -0.467 e. The van der Waals surface area contributed by atoms with Crippen LogP contribution in [0.25, 0.3) is 0 Å². The summed E-state index contributed by atoms with van der Waals surface area (Å²) >= 11 is 5.92. The molecule has 4 atom stereocenters. The van der Waals surface area contributed by atoms with E-state index in [1.165, 1.54) is 7.11 Å². The first-order valence-corrected chi connectivity index (χ1v) is 7.95. The molecule has 22 heavy (non-hydrogen) atoms. The summed E-state index contributed by atoms with van der Waals surface area (Å²) in [6, 6.07) is 7.28. The predicted octanol–water partition coefficient (Wildman–Crippen LogP) is 2.72. The highest BCUT2D eigenvalue weighted by Gasteiger charge is 2.58. The molecular weight excluding hydrogens is 304 g/mol. The van der Waals surface area contributed by atoms with Gasteiger partial charge < -0.3 is 9.84 Å². The number of hydrogen-bond acceptors (Lipinski definition) is 4. The van der Waals surface area contributed by atoms with Gasteiger partial charge in [0.15, 0.2) is 5.60 Å². The van der Waals surface area contributed by atoms with E-state index < -0.39 is 17.5 Å². The average Bonchev–Trinajstić information content (AvgIpc) is 2.51. The minimum atomic E-state index is -1.72. The summed E-state index contributed by atoms with van der Waals surface area (Å²) in [5, 5.41) is 11.5. The molecule has 0 amide bonds. The molecule has 4 nitrogen and oxygen atoms in total. The number of esters is 1. The van der Waals surface area contributed by atoms with Crippen molar-refractivity contribution in [3.8, 4) is 0 Å². The molecule has 2 bridgehead atoms. The Hall–Kier alpha value is -1.39. The third-order valence-electron chi connectivity index (χ3n) is 5.15. The number of carbonyl (C=O) groups excluding carboxylic acids is 2. The lowest BCUT2D eigenvalue weighted by molar-refractivity contribution is -0.182. The van der Waals surface area contributed by atoms with Crippen LogP contribution in [0.5, 0.6) is 0 Å². The topological polar surface area (TPSA) is 63.6 Å². The lowest BCUT2D eigenvalue weighted by Gasteiger charge is -2.47. The number of ketones is 1. The summed E-state index contributed by atoms with van der Waals surface area (Å²) in [5.41, 5.74) is -0.780. The molecule has 2 fully saturated rings. The molecule has 0 aromatic heterocycles. The van der Waals surface area contributed by atoms with Crippen LogP contribution in [-0.4, -0.2) is 29.6 Å². The van der Waals surface area contributed by atoms with Crippen LogP contribution >= 0.6 is 11.6 Å². The number of benzene rings is 1. The number of aliphatic hydroxyl groups is 1. The van der Waals surface area contributed by atoms with Crippen LogP contribution < -0.4 is 0 Å². The fourth-order valence-corrected chi connectivity index (χ4v) is 4.17. The lowest BCUT2D eigenvalue weighted by atomic mass is 9.58. The second-order valence-electron chi connectivity index (χ2n) is 6.27. The molecule has 2 aliphatic carbocycles. The van der Waals surface area contributed by atoms with Crippen LogP contribution in [0.1, 0.15) is 37.2 Å². The van der Waals surface area contributed by atoms with Gasteiger partial charge in [-0.15, -0.1) is 0 Å². The fourth-order valence-electron chi connectivity index (χ4n) is 4.04. The first-order chi connectivity index (χ1) is 10.5. The van der Waals surface area contributed by atoms with Gasteiger partial charge in [-0.25, -0.2) is 4.79 Å². The molecule has 1 N–H and O–H groups in total. The van der Waals surface area contributed by atoms with Crippen molar-refractivity contribution in [2.75, 3.05) is 7.11 Å². The van der Waals surface area contributed by atoms with Gasteiger partial charge in [0.1, 0.15) is 5.78 Å². The van der Waals surface area contributed by atoms with E-state index in [1.54, 1.807) is 12.1 Å². The quantitative estimate of drug-likeness (QED) is 0.850. The zero-order valence-electron chi connectivity index (χ0n) is 12.4. The van der Waals surface area contributed by atoms with E-state index in [0.29, 0.717) is 11.4 Å². The monoisotopic (exact) mass is 322 g/mol. The standard InChI is InChI=1S/C17H19ClO4/c1-22-16(20)17(21)9-13(10-5-7-11(18)8-6-10)12-3-2-4-14(17)15(12)19/h5-8,12-14,21H,2-4,9H2,1H3/t12-,13-,14-,17-/m0/s1. The van der Waals surface area contributed by atoms with Crippen molar-refractivity contribution in [1.29, 1.82) is 0 Å². The maximum Gasteiger partial charge on any atom is 0.338 e. The van der Waals surface area contributed by atoms with Gasteiger partial charge in [-0.2, -0.15) is 0 Å². The lowest BCUT2D eigenvalue weighted by Crippen LogP contribution is -2.58. The van der Waals surface area contributed by atoms with Gasteiger partial charge in [0.05, 0.1) is 13.0 Å². The Labute approximate surface area is 134 Å². The highest BCUT2D eigenvalue weighted by molar-refractivity contribution is 6.30. The molecule has 2 saturated carbocycles. The third-order valence-corrected chi connectivity index (χ3v) is 5.40. The minimum absolute atomic E-state index is 0.00894. The summed E-state index contributed by atoms with van der Waals surface area (Å²) in [6.45, 7) is 0. The average molecular weight is 323 g/mol. The molecule has 0 heterocycles. The molecule has 1 aromatic carbocycles. The Morgan fingerprint density at radius 3 is 2.59 bits per heavy atom. The summed E-state index contributed by atoms with van der Waals surface area (Å²) in [4.78, 5) is 24.8. The number of hydrogen-bond donors (Lipinski definition) is 1. The Bertz CT molecular complexity index is 597. The van der Waals surface area contributed by atoms with Crippen molar-refractivity contribution in [1.82, 2.24) is 0 Å². The Kier molecular flexibility index (Phi) is 4.00.